The molecule has 2 aromatic rings. The molecule has 0 atom stereocenters. The molecule has 5 nitrogen and oxygen atoms in total. The number of benzene rings is 1. The Kier molecular flexibility index (Phi) is 5.80. The number of rotatable bonds is 5. The van der Waals surface area contributed by atoms with Crippen molar-refractivity contribution in [1.82, 2.24) is 9.47 Å². The Morgan fingerprint density at radius 3 is 2.40 bits per heavy atom. The van der Waals surface area contributed by atoms with Gasteiger partial charge in [-0.2, -0.15) is 0 Å². The summed E-state index contributed by atoms with van der Waals surface area (Å²) in [5.41, 5.74) is 1.31. The standard InChI is InChI=1S/C24H34N2O3S/c27-30(28)16-11-19(12-17-30)18-25-13-8-21(9-14-25)29-24-7-3-6-23-22(24)10-15-26(23)20-4-1-2-5-20/h3,6-7,10,15,19-21H,1-2,4-5,8-9,11-14,16-18H2. The van der Waals surface area contributed by atoms with Crippen LogP contribution < -0.4 is 4.74 Å². The first kappa shape index (κ1) is 20.4. The average Bonchev–Trinajstić information content (AvgIpc) is 3.41. The summed E-state index contributed by atoms with van der Waals surface area (Å²) in [6, 6.07) is 9.37. The number of piperidine rings is 1. The minimum absolute atomic E-state index is 0.272. The van der Waals surface area contributed by atoms with Crippen molar-refractivity contribution in [3.8, 4) is 5.75 Å². The molecule has 2 saturated heterocycles. The highest BCUT2D eigenvalue weighted by Crippen LogP contribution is 2.36. The molecule has 3 fully saturated rings. The third-order valence-electron chi connectivity index (χ3n) is 7.46. The van der Waals surface area contributed by atoms with Gasteiger partial charge in [-0.1, -0.05) is 18.9 Å². The molecule has 0 radical (unpaired) electrons. The van der Waals surface area contributed by atoms with Crippen LogP contribution in [0.2, 0.25) is 0 Å². The van der Waals surface area contributed by atoms with Gasteiger partial charge < -0.3 is 14.2 Å². The zero-order chi connectivity index (χ0) is 20.6. The summed E-state index contributed by atoms with van der Waals surface area (Å²) in [5.74, 6) is 2.32. The maximum absolute atomic E-state index is 11.6. The van der Waals surface area contributed by atoms with Crippen molar-refractivity contribution in [2.45, 2.75) is 63.5 Å². The van der Waals surface area contributed by atoms with E-state index >= 15 is 0 Å². The topological polar surface area (TPSA) is 51.5 Å². The van der Waals surface area contributed by atoms with E-state index in [0.29, 0.717) is 23.5 Å². The van der Waals surface area contributed by atoms with Gasteiger partial charge in [0.2, 0.25) is 0 Å². The molecule has 0 spiro atoms. The van der Waals surface area contributed by atoms with Gasteiger partial charge in [0.15, 0.2) is 0 Å². The molecule has 1 aromatic heterocycles. The van der Waals surface area contributed by atoms with Gasteiger partial charge >= 0.3 is 0 Å². The number of hydrogen-bond acceptors (Lipinski definition) is 4. The molecule has 6 heteroatoms. The molecule has 1 aliphatic carbocycles. The van der Waals surface area contributed by atoms with E-state index in [4.69, 9.17) is 4.74 Å². The van der Waals surface area contributed by atoms with Gasteiger partial charge in [0, 0.05) is 37.3 Å². The van der Waals surface area contributed by atoms with E-state index in [2.05, 4.69) is 39.9 Å². The highest BCUT2D eigenvalue weighted by atomic mass is 32.2. The third kappa shape index (κ3) is 4.40. The van der Waals surface area contributed by atoms with Crippen molar-refractivity contribution in [3.63, 3.8) is 0 Å². The maximum Gasteiger partial charge on any atom is 0.150 e. The number of sulfone groups is 1. The number of likely N-dealkylation sites (tertiary alicyclic amines) is 1. The Bertz CT molecular complexity index is 955. The number of aromatic nitrogens is 1. The maximum atomic E-state index is 11.6. The van der Waals surface area contributed by atoms with Crippen LogP contribution in [0.15, 0.2) is 30.5 Å². The van der Waals surface area contributed by atoms with Gasteiger partial charge in [0.25, 0.3) is 0 Å². The number of ether oxygens (including phenoxy) is 1. The van der Waals surface area contributed by atoms with Crippen LogP contribution in [0.4, 0.5) is 0 Å². The van der Waals surface area contributed by atoms with Gasteiger partial charge in [-0.15, -0.1) is 0 Å². The minimum atomic E-state index is -2.76. The second-order valence-corrected chi connectivity index (χ2v) is 11.9. The van der Waals surface area contributed by atoms with Crippen LogP contribution in [-0.4, -0.2) is 55.1 Å². The Morgan fingerprint density at radius 1 is 0.933 bits per heavy atom. The molecule has 0 N–H and O–H groups in total. The predicted molar refractivity (Wildman–Crippen MR) is 121 cm³/mol. The van der Waals surface area contributed by atoms with Crippen LogP contribution in [0, 0.1) is 5.92 Å². The van der Waals surface area contributed by atoms with Crippen LogP contribution in [-0.2, 0) is 9.84 Å². The monoisotopic (exact) mass is 430 g/mol. The zero-order valence-electron chi connectivity index (χ0n) is 17.8. The lowest BCUT2D eigenvalue weighted by Crippen LogP contribution is -2.42. The fourth-order valence-electron chi connectivity index (χ4n) is 5.64. The highest BCUT2D eigenvalue weighted by Gasteiger charge is 2.28. The van der Waals surface area contributed by atoms with Gasteiger partial charge in [-0.25, -0.2) is 8.42 Å². The van der Waals surface area contributed by atoms with E-state index in [1.54, 1.807) is 0 Å². The van der Waals surface area contributed by atoms with E-state index in [1.165, 1.54) is 36.6 Å². The number of hydrogen-bond donors (Lipinski definition) is 0. The van der Waals surface area contributed by atoms with Crippen molar-refractivity contribution in [2.24, 2.45) is 5.92 Å². The quantitative estimate of drug-likeness (QED) is 0.704. The second-order valence-electron chi connectivity index (χ2n) is 9.56. The van der Waals surface area contributed by atoms with Crippen LogP contribution in [0.1, 0.15) is 57.4 Å². The number of nitrogens with zero attached hydrogens (tertiary/aromatic N) is 2. The molecule has 3 heterocycles. The Labute approximate surface area is 180 Å². The lowest BCUT2D eigenvalue weighted by atomic mass is 10.00. The SMILES string of the molecule is O=S1(=O)CCC(CN2CCC(Oc3cccc4c3ccn4C3CCCC3)CC2)CC1. The van der Waals surface area contributed by atoms with Crippen LogP contribution in [0.25, 0.3) is 10.9 Å². The summed E-state index contributed by atoms with van der Waals surface area (Å²) in [6.45, 7) is 3.14. The van der Waals surface area contributed by atoms with Crippen LogP contribution in [0.5, 0.6) is 5.75 Å². The summed E-state index contributed by atoms with van der Waals surface area (Å²) < 4.78 is 32.2. The van der Waals surface area contributed by atoms with Gasteiger partial charge in [-0.05, 0) is 62.6 Å². The second kappa shape index (κ2) is 8.54. The van der Waals surface area contributed by atoms with Crippen molar-refractivity contribution in [3.05, 3.63) is 30.5 Å². The van der Waals surface area contributed by atoms with E-state index in [1.807, 2.05) is 0 Å². The van der Waals surface area contributed by atoms with Crippen molar-refractivity contribution in [2.75, 3.05) is 31.1 Å². The average molecular weight is 431 g/mol. The Balaban J connectivity index is 1.17. The molecular formula is C24H34N2O3S. The molecule has 5 rings (SSSR count). The first-order valence-electron chi connectivity index (χ1n) is 11.8. The van der Waals surface area contributed by atoms with Gasteiger partial charge in [0.05, 0.1) is 17.0 Å². The molecule has 1 saturated carbocycles. The Hall–Kier alpha value is -1.53. The summed E-state index contributed by atoms with van der Waals surface area (Å²) in [4.78, 5) is 2.51. The normalized spacial score (nSPS) is 24.5. The van der Waals surface area contributed by atoms with E-state index < -0.39 is 9.84 Å². The molecule has 0 amide bonds. The van der Waals surface area contributed by atoms with Crippen molar-refractivity contribution >= 4 is 20.7 Å². The third-order valence-corrected chi connectivity index (χ3v) is 9.18. The molecule has 0 unspecified atom stereocenters. The lowest BCUT2D eigenvalue weighted by molar-refractivity contribution is 0.0910. The lowest BCUT2D eigenvalue weighted by Gasteiger charge is -2.35. The summed E-state index contributed by atoms with van der Waals surface area (Å²) in [6.07, 6.45) is 11.5. The van der Waals surface area contributed by atoms with E-state index in [9.17, 15) is 8.42 Å². The van der Waals surface area contributed by atoms with E-state index in [-0.39, 0.29) is 6.10 Å². The fourth-order valence-corrected chi connectivity index (χ4v) is 7.23. The zero-order valence-corrected chi connectivity index (χ0v) is 18.7. The van der Waals surface area contributed by atoms with Crippen molar-refractivity contribution in [1.29, 1.82) is 0 Å². The molecule has 164 valence electrons. The first-order valence-corrected chi connectivity index (χ1v) is 13.6. The largest absolute Gasteiger partial charge is 0.490 e. The summed E-state index contributed by atoms with van der Waals surface area (Å²) >= 11 is 0. The van der Waals surface area contributed by atoms with Gasteiger partial charge in [-0.3, -0.25) is 0 Å². The molecule has 2 aliphatic heterocycles. The smallest absolute Gasteiger partial charge is 0.150 e. The summed E-state index contributed by atoms with van der Waals surface area (Å²) in [5, 5.41) is 1.25. The highest BCUT2D eigenvalue weighted by molar-refractivity contribution is 7.91. The predicted octanol–water partition coefficient (Wildman–Crippen LogP) is 4.42. The van der Waals surface area contributed by atoms with Crippen LogP contribution in [0.3, 0.4) is 0 Å². The summed E-state index contributed by atoms with van der Waals surface area (Å²) in [7, 11) is -2.76. The fraction of sp³-hybridized carbons (Fsp3) is 0.667. The molecule has 1 aromatic carbocycles. The molecule has 3 aliphatic rings. The van der Waals surface area contributed by atoms with E-state index in [0.717, 1.165) is 51.1 Å². The number of fused-ring (bicyclic) bond motifs is 1. The first-order chi connectivity index (χ1) is 14.6. The van der Waals surface area contributed by atoms with Crippen molar-refractivity contribution < 1.29 is 13.2 Å². The minimum Gasteiger partial charge on any atom is -0.490 e. The van der Waals surface area contributed by atoms with Gasteiger partial charge in [0.1, 0.15) is 21.7 Å². The molecule has 0 bridgehead atoms. The van der Waals surface area contributed by atoms with Crippen LogP contribution >= 0.6 is 0 Å². The molecule has 30 heavy (non-hydrogen) atoms. The molecular weight excluding hydrogens is 396 g/mol. The Morgan fingerprint density at radius 2 is 1.67 bits per heavy atom.